The number of nitrogen functional groups attached to an aromatic ring is 1. The minimum absolute atomic E-state index is 0.0963. The van der Waals surface area contributed by atoms with Gasteiger partial charge in [-0.2, -0.15) is 9.97 Å². The Balaban J connectivity index is 2.34. The Hall–Kier alpha value is -1.51. The summed E-state index contributed by atoms with van der Waals surface area (Å²) in [5.41, 5.74) is 4.76. The molecular weight excluding hydrogens is 228 g/mol. The number of nitrogens with two attached hydrogens (primary N) is 1. The summed E-state index contributed by atoms with van der Waals surface area (Å²) in [6, 6.07) is 0. The molecule has 3 atom stereocenters. The average Bonchev–Trinajstić information content (AvgIpc) is 2.57. The second-order valence-electron chi connectivity index (χ2n) is 3.90. The minimum atomic E-state index is -0.811. The number of aryl methyl sites for hydroxylation is 1. The predicted octanol–water partition coefficient (Wildman–Crippen LogP) is -1.83. The van der Waals surface area contributed by atoms with Gasteiger partial charge in [0.15, 0.2) is 0 Å². The van der Waals surface area contributed by atoms with Gasteiger partial charge in [-0.05, 0) is 6.92 Å². The molecule has 0 radical (unpaired) electrons. The summed E-state index contributed by atoms with van der Waals surface area (Å²) in [6.45, 7) is 1.29. The van der Waals surface area contributed by atoms with Gasteiger partial charge in [0.1, 0.15) is 18.2 Å². The SMILES string of the molecule is Cc1nc(N)nc(=O)n1[C@H]1CC(O)[C@@H](CO)O1. The molecule has 1 aliphatic heterocycles. The largest absolute Gasteiger partial charge is 0.394 e. The Morgan fingerprint density at radius 3 is 2.82 bits per heavy atom. The third-order valence-corrected chi connectivity index (χ3v) is 2.71. The van der Waals surface area contributed by atoms with Crippen molar-refractivity contribution in [2.75, 3.05) is 12.3 Å². The van der Waals surface area contributed by atoms with E-state index in [1.54, 1.807) is 6.92 Å². The van der Waals surface area contributed by atoms with Gasteiger partial charge in [-0.15, -0.1) is 0 Å². The van der Waals surface area contributed by atoms with Crippen LogP contribution in [0.1, 0.15) is 18.5 Å². The van der Waals surface area contributed by atoms with Crippen molar-refractivity contribution < 1.29 is 14.9 Å². The molecule has 1 saturated heterocycles. The van der Waals surface area contributed by atoms with Crippen molar-refractivity contribution in [3.05, 3.63) is 16.3 Å². The van der Waals surface area contributed by atoms with E-state index in [9.17, 15) is 9.90 Å². The molecule has 8 nitrogen and oxygen atoms in total. The van der Waals surface area contributed by atoms with E-state index in [4.69, 9.17) is 15.6 Å². The number of hydrogen-bond donors (Lipinski definition) is 3. The van der Waals surface area contributed by atoms with E-state index in [1.807, 2.05) is 0 Å². The van der Waals surface area contributed by atoms with E-state index in [2.05, 4.69) is 9.97 Å². The van der Waals surface area contributed by atoms with Crippen LogP contribution in [0.2, 0.25) is 0 Å². The number of aromatic nitrogens is 3. The molecule has 0 saturated carbocycles. The Kier molecular flexibility index (Phi) is 3.09. The van der Waals surface area contributed by atoms with Crippen LogP contribution in [0, 0.1) is 6.92 Å². The first-order chi connectivity index (χ1) is 8.02. The third kappa shape index (κ3) is 2.14. The average molecular weight is 242 g/mol. The van der Waals surface area contributed by atoms with Crippen LogP contribution >= 0.6 is 0 Å². The highest BCUT2D eigenvalue weighted by atomic mass is 16.5. The van der Waals surface area contributed by atoms with Gasteiger partial charge in [0.2, 0.25) is 5.95 Å². The lowest BCUT2D eigenvalue weighted by atomic mass is 10.2. The van der Waals surface area contributed by atoms with Gasteiger partial charge >= 0.3 is 5.69 Å². The van der Waals surface area contributed by atoms with Gasteiger partial charge in [0.25, 0.3) is 0 Å². The molecule has 1 aromatic rings. The summed E-state index contributed by atoms with van der Waals surface area (Å²) < 4.78 is 6.57. The van der Waals surface area contributed by atoms with Gasteiger partial charge in [-0.3, -0.25) is 4.57 Å². The maximum Gasteiger partial charge on any atom is 0.354 e. The van der Waals surface area contributed by atoms with E-state index < -0.39 is 24.1 Å². The van der Waals surface area contributed by atoms with E-state index >= 15 is 0 Å². The Bertz CT molecular complexity index is 475. The molecule has 8 heteroatoms. The van der Waals surface area contributed by atoms with Gasteiger partial charge in [0.05, 0.1) is 12.7 Å². The molecule has 17 heavy (non-hydrogen) atoms. The maximum atomic E-state index is 11.7. The summed E-state index contributed by atoms with van der Waals surface area (Å²) in [7, 11) is 0. The summed E-state index contributed by atoms with van der Waals surface area (Å²) in [5, 5.41) is 18.6. The molecule has 2 heterocycles. The van der Waals surface area contributed by atoms with Gasteiger partial charge in [0, 0.05) is 6.42 Å². The van der Waals surface area contributed by atoms with Crippen LogP contribution in [-0.2, 0) is 4.74 Å². The number of ether oxygens (including phenoxy) is 1. The van der Waals surface area contributed by atoms with Crippen molar-refractivity contribution in [2.45, 2.75) is 31.8 Å². The Morgan fingerprint density at radius 1 is 1.59 bits per heavy atom. The van der Waals surface area contributed by atoms with Gasteiger partial charge < -0.3 is 20.7 Å². The van der Waals surface area contributed by atoms with E-state index in [1.165, 1.54) is 4.57 Å². The zero-order valence-corrected chi connectivity index (χ0v) is 9.28. The van der Waals surface area contributed by atoms with E-state index in [-0.39, 0.29) is 19.0 Å². The number of hydrogen-bond acceptors (Lipinski definition) is 7. The second-order valence-corrected chi connectivity index (χ2v) is 3.90. The number of rotatable bonds is 2. The van der Waals surface area contributed by atoms with Crippen molar-refractivity contribution in [2.24, 2.45) is 0 Å². The predicted molar refractivity (Wildman–Crippen MR) is 57.1 cm³/mol. The summed E-state index contributed by atoms with van der Waals surface area (Å²) >= 11 is 0. The lowest BCUT2D eigenvalue weighted by Crippen LogP contribution is -2.31. The van der Waals surface area contributed by atoms with Crippen LogP contribution in [0.5, 0.6) is 0 Å². The first-order valence-corrected chi connectivity index (χ1v) is 5.20. The van der Waals surface area contributed by atoms with Crippen LogP contribution in [-0.4, -0.2) is 43.6 Å². The van der Waals surface area contributed by atoms with Crippen molar-refractivity contribution in [1.82, 2.24) is 14.5 Å². The fraction of sp³-hybridized carbons (Fsp3) is 0.667. The molecule has 0 aliphatic carbocycles. The lowest BCUT2D eigenvalue weighted by Gasteiger charge is -2.16. The number of nitrogens with zero attached hydrogens (tertiary/aromatic N) is 3. The van der Waals surface area contributed by atoms with Crippen LogP contribution in [0.4, 0.5) is 5.95 Å². The molecule has 0 spiro atoms. The Labute approximate surface area is 96.7 Å². The summed E-state index contributed by atoms with van der Waals surface area (Å²) in [6.07, 6.45) is -1.97. The molecule has 0 bridgehead atoms. The second kappa shape index (κ2) is 4.40. The van der Waals surface area contributed by atoms with E-state index in [0.717, 1.165) is 0 Å². The number of aliphatic hydroxyl groups excluding tert-OH is 2. The lowest BCUT2D eigenvalue weighted by molar-refractivity contribution is -0.0469. The molecule has 0 amide bonds. The molecular formula is C9H14N4O4. The normalized spacial score (nSPS) is 28.5. The third-order valence-electron chi connectivity index (χ3n) is 2.71. The number of anilines is 1. The number of aliphatic hydroxyl groups is 2. The van der Waals surface area contributed by atoms with Crippen molar-refractivity contribution in [1.29, 1.82) is 0 Å². The minimum Gasteiger partial charge on any atom is -0.394 e. The monoisotopic (exact) mass is 242 g/mol. The fourth-order valence-electron chi connectivity index (χ4n) is 1.90. The quantitative estimate of drug-likeness (QED) is 0.557. The highest BCUT2D eigenvalue weighted by Gasteiger charge is 2.35. The Morgan fingerprint density at radius 2 is 2.29 bits per heavy atom. The molecule has 4 N–H and O–H groups in total. The highest BCUT2D eigenvalue weighted by Crippen LogP contribution is 2.27. The first kappa shape index (κ1) is 12.0. The first-order valence-electron chi connectivity index (χ1n) is 5.20. The van der Waals surface area contributed by atoms with Crippen molar-refractivity contribution in [3.8, 4) is 0 Å². The summed E-state index contributed by atoms with van der Waals surface area (Å²) in [5.74, 6) is 0.263. The van der Waals surface area contributed by atoms with Crippen LogP contribution in [0.15, 0.2) is 4.79 Å². The smallest absolute Gasteiger partial charge is 0.354 e. The molecule has 2 rings (SSSR count). The van der Waals surface area contributed by atoms with Crippen LogP contribution in [0.25, 0.3) is 0 Å². The molecule has 1 fully saturated rings. The van der Waals surface area contributed by atoms with Crippen LogP contribution < -0.4 is 11.4 Å². The van der Waals surface area contributed by atoms with Crippen molar-refractivity contribution >= 4 is 5.95 Å². The topological polar surface area (TPSA) is 123 Å². The van der Waals surface area contributed by atoms with E-state index in [0.29, 0.717) is 5.82 Å². The molecule has 1 aromatic heterocycles. The van der Waals surface area contributed by atoms with Crippen LogP contribution in [0.3, 0.4) is 0 Å². The fourth-order valence-corrected chi connectivity index (χ4v) is 1.90. The molecule has 0 aromatic carbocycles. The van der Waals surface area contributed by atoms with Gasteiger partial charge in [-0.25, -0.2) is 4.79 Å². The maximum absolute atomic E-state index is 11.7. The highest BCUT2D eigenvalue weighted by molar-refractivity contribution is 5.13. The van der Waals surface area contributed by atoms with Gasteiger partial charge in [-0.1, -0.05) is 0 Å². The van der Waals surface area contributed by atoms with Crippen molar-refractivity contribution in [3.63, 3.8) is 0 Å². The zero-order valence-electron chi connectivity index (χ0n) is 9.28. The molecule has 1 unspecified atom stereocenters. The standard InChI is InChI=1S/C9H14N4O4/c1-4-11-8(10)12-9(16)13(4)7-2-5(15)6(3-14)17-7/h5-7,14-15H,2-3H2,1H3,(H2,10,12,16)/t5?,6-,7-/m1/s1. The zero-order chi connectivity index (χ0) is 12.6. The molecule has 1 aliphatic rings. The molecule has 94 valence electrons. The summed E-state index contributed by atoms with van der Waals surface area (Å²) in [4.78, 5) is 19.0.